The molecule has 1 aromatic carbocycles. The molecule has 4 nitrogen and oxygen atoms in total. The van der Waals surface area contributed by atoms with Crippen LogP contribution in [0.15, 0.2) is 24.3 Å². The van der Waals surface area contributed by atoms with Crippen molar-refractivity contribution >= 4 is 5.82 Å². The van der Waals surface area contributed by atoms with Crippen LogP contribution in [0.1, 0.15) is 11.3 Å². The van der Waals surface area contributed by atoms with Crippen molar-refractivity contribution in [1.29, 1.82) is 5.26 Å². The second kappa shape index (κ2) is 4.30. The molecule has 86 valence electrons. The minimum absolute atomic E-state index is 0.494. The highest BCUT2D eigenvalue weighted by molar-refractivity contribution is 5.65. The lowest BCUT2D eigenvalue weighted by molar-refractivity contribution is 1.08. The number of H-pyrrole nitrogens is 1. The Morgan fingerprint density at radius 1 is 1.29 bits per heavy atom. The van der Waals surface area contributed by atoms with Gasteiger partial charge in [-0.05, 0) is 12.5 Å². The molecule has 2 aromatic rings. The summed E-state index contributed by atoms with van der Waals surface area (Å²) < 4.78 is 0. The van der Waals surface area contributed by atoms with Crippen molar-refractivity contribution in [1.82, 2.24) is 9.97 Å². The average Bonchev–Trinajstić information content (AvgIpc) is 2.73. The Balaban J connectivity index is 2.56. The fourth-order valence-electron chi connectivity index (χ4n) is 1.73. The number of aromatic nitrogens is 2. The molecule has 0 radical (unpaired) electrons. The maximum absolute atomic E-state index is 9.05. The number of nitrogens with one attached hydrogen (secondary N) is 1. The molecule has 1 N–H and O–H groups in total. The minimum Gasteiger partial charge on any atom is -0.360 e. The second-order valence-electron chi connectivity index (χ2n) is 4.11. The summed E-state index contributed by atoms with van der Waals surface area (Å²) in [5, 5.41) is 9.05. The highest BCUT2D eigenvalue weighted by atomic mass is 15.2. The number of benzene rings is 1. The third kappa shape index (κ3) is 2.00. The number of imidazole rings is 1. The second-order valence-corrected chi connectivity index (χ2v) is 4.11. The summed E-state index contributed by atoms with van der Waals surface area (Å²) >= 11 is 0. The van der Waals surface area contributed by atoms with E-state index in [1.165, 1.54) is 0 Å². The van der Waals surface area contributed by atoms with E-state index in [0.29, 0.717) is 11.5 Å². The van der Waals surface area contributed by atoms with Gasteiger partial charge in [0.2, 0.25) is 0 Å². The van der Waals surface area contributed by atoms with Crippen LogP contribution in [0.4, 0.5) is 5.82 Å². The van der Waals surface area contributed by atoms with Gasteiger partial charge in [-0.15, -0.1) is 0 Å². The zero-order valence-corrected chi connectivity index (χ0v) is 10.2. The maximum atomic E-state index is 9.05. The van der Waals surface area contributed by atoms with E-state index in [-0.39, 0.29) is 0 Å². The Hall–Kier alpha value is -2.28. The fraction of sp³-hybridized carbons (Fsp3) is 0.231. The van der Waals surface area contributed by atoms with Gasteiger partial charge < -0.3 is 9.88 Å². The predicted molar refractivity (Wildman–Crippen MR) is 67.8 cm³/mol. The van der Waals surface area contributed by atoms with Crippen LogP contribution in [0.5, 0.6) is 0 Å². The van der Waals surface area contributed by atoms with E-state index >= 15 is 0 Å². The zero-order valence-electron chi connectivity index (χ0n) is 10.2. The van der Waals surface area contributed by atoms with Gasteiger partial charge in [-0.2, -0.15) is 5.26 Å². The van der Waals surface area contributed by atoms with E-state index in [0.717, 1.165) is 17.0 Å². The molecule has 17 heavy (non-hydrogen) atoms. The molecular formula is C13H14N4. The number of nitriles is 1. The van der Waals surface area contributed by atoms with E-state index in [9.17, 15) is 0 Å². The molecule has 4 heteroatoms. The molecule has 0 saturated heterocycles. The van der Waals surface area contributed by atoms with Crippen molar-refractivity contribution in [3.63, 3.8) is 0 Å². The Morgan fingerprint density at radius 3 is 2.53 bits per heavy atom. The highest BCUT2D eigenvalue weighted by Crippen LogP contribution is 2.24. The number of hydrogen-bond acceptors (Lipinski definition) is 3. The van der Waals surface area contributed by atoms with Crippen LogP contribution in [0.25, 0.3) is 11.4 Å². The number of nitrogens with zero attached hydrogens (tertiary/aromatic N) is 3. The number of rotatable bonds is 2. The number of hydrogen-bond donors (Lipinski definition) is 1. The van der Waals surface area contributed by atoms with Crippen LogP contribution in [-0.2, 0) is 0 Å². The van der Waals surface area contributed by atoms with Crippen molar-refractivity contribution in [3.05, 3.63) is 35.5 Å². The first-order chi connectivity index (χ1) is 8.13. The van der Waals surface area contributed by atoms with Crippen LogP contribution in [0, 0.1) is 18.3 Å². The maximum Gasteiger partial charge on any atom is 0.165 e. The molecule has 0 aliphatic rings. The van der Waals surface area contributed by atoms with Crippen LogP contribution < -0.4 is 4.90 Å². The molecule has 0 aliphatic heterocycles. The zero-order chi connectivity index (χ0) is 12.4. The number of anilines is 1. The SMILES string of the molecule is Cc1ccccc1-c1nc(N(C)C)c(C#N)[nH]1. The average molecular weight is 226 g/mol. The van der Waals surface area contributed by atoms with E-state index in [4.69, 9.17) is 5.26 Å². The van der Waals surface area contributed by atoms with Gasteiger partial charge in [0, 0.05) is 19.7 Å². The first-order valence-corrected chi connectivity index (χ1v) is 5.37. The Bertz CT molecular complexity index is 575. The smallest absolute Gasteiger partial charge is 0.165 e. The molecule has 0 saturated carbocycles. The lowest BCUT2D eigenvalue weighted by atomic mass is 10.1. The number of aromatic amines is 1. The Morgan fingerprint density at radius 2 is 2.00 bits per heavy atom. The van der Waals surface area contributed by atoms with Crippen molar-refractivity contribution in [2.75, 3.05) is 19.0 Å². The Labute approximate surface area is 101 Å². The molecule has 1 heterocycles. The van der Waals surface area contributed by atoms with E-state index < -0.39 is 0 Å². The topological polar surface area (TPSA) is 55.7 Å². The fourth-order valence-corrected chi connectivity index (χ4v) is 1.73. The molecule has 0 atom stereocenters. The quantitative estimate of drug-likeness (QED) is 0.855. The first-order valence-electron chi connectivity index (χ1n) is 5.37. The van der Waals surface area contributed by atoms with Gasteiger partial charge in [-0.1, -0.05) is 24.3 Å². The molecule has 1 aromatic heterocycles. The summed E-state index contributed by atoms with van der Waals surface area (Å²) in [5.74, 6) is 1.41. The third-order valence-corrected chi connectivity index (χ3v) is 2.62. The molecule has 0 fully saturated rings. The molecule has 0 bridgehead atoms. The van der Waals surface area contributed by atoms with Crippen LogP contribution in [0.3, 0.4) is 0 Å². The van der Waals surface area contributed by atoms with Crippen LogP contribution >= 0.6 is 0 Å². The summed E-state index contributed by atoms with van der Waals surface area (Å²) in [4.78, 5) is 9.35. The highest BCUT2D eigenvalue weighted by Gasteiger charge is 2.13. The largest absolute Gasteiger partial charge is 0.360 e. The van der Waals surface area contributed by atoms with Gasteiger partial charge >= 0.3 is 0 Å². The van der Waals surface area contributed by atoms with Gasteiger partial charge in [-0.25, -0.2) is 4.98 Å². The van der Waals surface area contributed by atoms with Gasteiger partial charge in [0.25, 0.3) is 0 Å². The van der Waals surface area contributed by atoms with Crippen LogP contribution in [0.2, 0.25) is 0 Å². The molecule has 2 rings (SSSR count). The standard InChI is InChI=1S/C13H14N4/c1-9-6-4-5-7-10(9)12-15-11(8-14)13(16-12)17(2)3/h4-7H,1-3H3,(H,15,16). The predicted octanol–water partition coefficient (Wildman–Crippen LogP) is 2.32. The van der Waals surface area contributed by atoms with Gasteiger partial charge in [0.15, 0.2) is 11.5 Å². The van der Waals surface area contributed by atoms with Crippen LogP contribution in [-0.4, -0.2) is 24.1 Å². The minimum atomic E-state index is 0.494. The first kappa shape index (κ1) is 11.2. The lowest BCUT2D eigenvalue weighted by Crippen LogP contribution is -2.10. The number of aryl methyl sites for hydroxylation is 1. The summed E-state index contributed by atoms with van der Waals surface area (Å²) in [6.45, 7) is 2.03. The summed E-state index contributed by atoms with van der Waals surface area (Å²) in [5.41, 5.74) is 2.65. The van der Waals surface area contributed by atoms with E-state index in [1.807, 2.05) is 50.2 Å². The molecule has 0 spiro atoms. The third-order valence-electron chi connectivity index (χ3n) is 2.62. The van der Waals surface area contributed by atoms with Crippen molar-refractivity contribution < 1.29 is 0 Å². The summed E-state index contributed by atoms with van der Waals surface area (Å²) in [6, 6.07) is 10.1. The van der Waals surface area contributed by atoms with Gasteiger partial charge in [0.1, 0.15) is 11.9 Å². The molecule has 0 aliphatic carbocycles. The molecule has 0 amide bonds. The normalized spacial score (nSPS) is 10.0. The lowest BCUT2D eigenvalue weighted by Gasteiger charge is -2.07. The summed E-state index contributed by atoms with van der Waals surface area (Å²) in [6.07, 6.45) is 0. The van der Waals surface area contributed by atoms with E-state index in [1.54, 1.807) is 0 Å². The van der Waals surface area contributed by atoms with Gasteiger partial charge in [0.05, 0.1) is 0 Å². The summed E-state index contributed by atoms with van der Waals surface area (Å²) in [7, 11) is 3.75. The van der Waals surface area contributed by atoms with Crippen molar-refractivity contribution in [2.45, 2.75) is 6.92 Å². The molecule has 0 unspecified atom stereocenters. The van der Waals surface area contributed by atoms with Crippen molar-refractivity contribution in [2.24, 2.45) is 0 Å². The molecular weight excluding hydrogens is 212 g/mol. The monoisotopic (exact) mass is 226 g/mol. The van der Waals surface area contributed by atoms with Crippen molar-refractivity contribution in [3.8, 4) is 17.5 Å². The Kier molecular flexibility index (Phi) is 2.84. The van der Waals surface area contributed by atoms with Gasteiger partial charge in [-0.3, -0.25) is 0 Å². The van der Waals surface area contributed by atoms with E-state index in [2.05, 4.69) is 16.0 Å².